The summed E-state index contributed by atoms with van der Waals surface area (Å²) in [6.45, 7) is 1.92. The molecule has 1 N–H and O–H groups in total. The molecule has 0 saturated carbocycles. The van der Waals surface area contributed by atoms with Crippen molar-refractivity contribution < 1.29 is 22.3 Å². The molecular weight excluding hydrogens is 479 g/mol. The van der Waals surface area contributed by atoms with Crippen molar-refractivity contribution in [1.29, 1.82) is 0 Å². The summed E-state index contributed by atoms with van der Waals surface area (Å²) in [4.78, 5) is 14.3. The second-order valence-electron chi connectivity index (χ2n) is 8.32. The number of halogens is 2. The first-order chi connectivity index (χ1) is 16.2. The minimum absolute atomic E-state index is 0.0303. The molecule has 1 saturated heterocycles. The van der Waals surface area contributed by atoms with Crippen LogP contribution >= 0.6 is 11.6 Å². The molecule has 0 aromatic heterocycles. The quantitative estimate of drug-likeness (QED) is 0.498. The molecule has 0 atom stereocenters. The lowest BCUT2D eigenvalue weighted by Gasteiger charge is -2.44. The summed E-state index contributed by atoms with van der Waals surface area (Å²) in [6.07, 6.45) is 0.809. The van der Waals surface area contributed by atoms with Gasteiger partial charge < -0.3 is 4.74 Å². The third-order valence-corrected chi connectivity index (χ3v) is 6.45. The Hall–Kier alpha value is -2.94. The van der Waals surface area contributed by atoms with Gasteiger partial charge >= 0.3 is 0 Å². The van der Waals surface area contributed by atoms with Crippen LogP contribution in [0.3, 0.4) is 0 Å². The molecule has 0 unspecified atom stereocenters. The zero-order valence-electron chi connectivity index (χ0n) is 18.4. The number of hydrogen-bond acceptors (Lipinski definition) is 5. The first-order valence-electron chi connectivity index (χ1n) is 10.7. The van der Waals surface area contributed by atoms with Crippen molar-refractivity contribution in [3.63, 3.8) is 0 Å². The van der Waals surface area contributed by atoms with Crippen molar-refractivity contribution in [3.8, 4) is 5.75 Å². The van der Waals surface area contributed by atoms with E-state index in [1.807, 2.05) is 36.4 Å². The molecule has 1 heterocycles. The highest BCUT2D eigenvalue weighted by Gasteiger charge is 2.34. The summed E-state index contributed by atoms with van der Waals surface area (Å²) in [5.41, 5.74) is 1.95. The van der Waals surface area contributed by atoms with Crippen molar-refractivity contribution in [2.24, 2.45) is 5.92 Å². The maximum Gasteiger partial charge on any atom is 0.267 e. The van der Waals surface area contributed by atoms with Gasteiger partial charge in [0, 0.05) is 25.1 Å². The molecule has 3 aromatic carbocycles. The third kappa shape index (κ3) is 5.75. The molecule has 4 rings (SSSR count). The molecule has 3 aromatic rings. The summed E-state index contributed by atoms with van der Waals surface area (Å²) in [6, 6.07) is 22.8. The van der Waals surface area contributed by atoms with Gasteiger partial charge in [-0.3, -0.25) is 9.69 Å². The molecular formula is C25H24ClFN2O4S. The molecule has 1 aliphatic heterocycles. The fraction of sp³-hybridized carbons (Fsp3) is 0.240. The van der Waals surface area contributed by atoms with E-state index in [1.54, 1.807) is 4.72 Å². The van der Waals surface area contributed by atoms with Gasteiger partial charge in [-0.2, -0.15) is 0 Å². The van der Waals surface area contributed by atoms with E-state index in [9.17, 15) is 17.6 Å². The number of nitrogens with one attached hydrogen (secondary N) is 1. The van der Waals surface area contributed by atoms with Crippen molar-refractivity contribution >= 4 is 27.5 Å². The van der Waals surface area contributed by atoms with Gasteiger partial charge in [0.1, 0.15) is 11.6 Å². The van der Waals surface area contributed by atoms with Crippen LogP contribution in [0.2, 0.25) is 5.02 Å². The van der Waals surface area contributed by atoms with Gasteiger partial charge in [0.25, 0.3) is 5.91 Å². The maximum absolute atomic E-state index is 14.4. The van der Waals surface area contributed by atoms with Crippen molar-refractivity contribution in [2.45, 2.75) is 6.04 Å². The Labute approximate surface area is 203 Å². The Morgan fingerprint density at radius 3 is 2.18 bits per heavy atom. The van der Waals surface area contributed by atoms with E-state index in [0.717, 1.165) is 31.5 Å². The first-order valence-corrected chi connectivity index (χ1v) is 13.0. The van der Waals surface area contributed by atoms with Crippen LogP contribution in [0, 0.1) is 11.7 Å². The van der Waals surface area contributed by atoms with Crippen LogP contribution in [0.1, 0.15) is 27.5 Å². The fourth-order valence-corrected chi connectivity index (χ4v) is 4.72. The standard InChI is InChI=1S/C25H24ClFN2O4S/c1-34(31,32)28-25(30)20-12-21(26)23(13-22(20)27)33-16-17-14-29(15-17)24(18-8-4-2-5-9-18)19-10-6-3-7-11-19/h2-13,17,24H,14-16H2,1H3,(H,28,30). The Morgan fingerprint density at radius 1 is 1.09 bits per heavy atom. The first kappa shape index (κ1) is 24.2. The van der Waals surface area contributed by atoms with Crippen LogP contribution < -0.4 is 9.46 Å². The normalized spacial score (nSPS) is 14.6. The number of likely N-dealkylation sites (tertiary alicyclic amines) is 1. The van der Waals surface area contributed by atoms with Crippen LogP contribution in [0.25, 0.3) is 0 Å². The van der Waals surface area contributed by atoms with E-state index in [0.29, 0.717) is 6.61 Å². The minimum Gasteiger partial charge on any atom is -0.492 e. The smallest absolute Gasteiger partial charge is 0.267 e. The zero-order valence-corrected chi connectivity index (χ0v) is 20.0. The van der Waals surface area contributed by atoms with E-state index in [1.165, 1.54) is 11.1 Å². The van der Waals surface area contributed by atoms with Crippen molar-refractivity contribution in [1.82, 2.24) is 9.62 Å². The van der Waals surface area contributed by atoms with Crippen LogP contribution in [0.5, 0.6) is 5.75 Å². The summed E-state index contributed by atoms with van der Waals surface area (Å²) in [5, 5.41) is 0.0303. The number of carbonyl (C=O) groups is 1. The van der Waals surface area contributed by atoms with Gasteiger partial charge in [-0.1, -0.05) is 72.3 Å². The summed E-state index contributed by atoms with van der Waals surface area (Å²) in [7, 11) is -3.83. The lowest BCUT2D eigenvalue weighted by Crippen LogP contribution is -2.50. The van der Waals surface area contributed by atoms with Crippen LogP contribution in [0.4, 0.5) is 4.39 Å². The number of amides is 1. The highest BCUT2D eigenvalue weighted by atomic mass is 35.5. The Bertz CT molecular complexity index is 1230. The average molecular weight is 503 g/mol. The van der Waals surface area contributed by atoms with E-state index < -0.39 is 27.3 Å². The SMILES string of the molecule is CS(=O)(=O)NC(=O)c1cc(Cl)c(OCC2CN(C(c3ccccc3)c3ccccc3)C2)cc1F. The Kier molecular flexibility index (Phi) is 7.21. The van der Waals surface area contributed by atoms with E-state index in [2.05, 4.69) is 29.2 Å². The minimum atomic E-state index is -3.83. The zero-order chi connectivity index (χ0) is 24.3. The molecule has 178 valence electrons. The molecule has 0 bridgehead atoms. The molecule has 0 aliphatic carbocycles. The van der Waals surface area contributed by atoms with Crippen molar-refractivity contribution in [3.05, 3.63) is 100 Å². The van der Waals surface area contributed by atoms with E-state index >= 15 is 0 Å². The number of nitrogens with zero attached hydrogens (tertiary/aromatic N) is 1. The van der Waals surface area contributed by atoms with E-state index in [-0.39, 0.29) is 22.7 Å². The predicted molar refractivity (Wildman–Crippen MR) is 129 cm³/mol. The highest BCUT2D eigenvalue weighted by Crippen LogP contribution is 2.35. The van der Waals surface area contributed by atoms with Gasteiger partial charge in [0.05, 0.1) is 29.5 Å². The van der Waals surface area contributed by atoms with E-state index in [4.69, 9.17) is 16.3 Å². The van der Waals surface area contributed by atoms with Gasteiger partial charge in [0.15, 0.2) is 0 Å². The molecule has 1 amide bonds. The predicted octanol–water partition coefficient (Wildman–Crippen LogP) is 4.27. The largest absolute Gasteiger partial charge is 0.492 e. The molecule has 0 radical (unpaired) electrons. The Morgan fingerprint density at radius 2 is 1.65 bits per heavy atom. The number of sulfonamides is 1. The lowest BCUT2D eigenvalue weighted by atomic mass is 9.90. The van der Waals surface area contributed by atoms with Crippen molar-refractivity contribution in [2.75, 3.05) is 26.0 Å². The molecule has 6 nitrogen and oxygen atoms in total. The number of benzene rings is 3. The van der Waals surface area contributed by atoms with Gasteiger partial charge in [0.2, 0.25) is 10.0 Å². The van der Waals surface area contributed by atoms with Gasteiger partial charge in [-0.25, -0.2) is 17.5 Å². The maximum atomic E-state index is 14.4. The summed E-state index contributed by atoms with van der Waals surface area (Å²) >= 11 is 6.17. The average Bonchev–Trinajstić information content (AvgIpc) is 2.77. The van der Waals surface area contributed by atoms with Gasteiger partial charge in [-0.15, -0.1) is 0 Å². The molecule has 34 heavy (non-hydrogen) atoms. The second kappa shape index (κ2) is 10.1. The third-order valence-electron chi connectivity index (χ3n) is 5.60. The number of ether oxygens (including phenoxy) is 1. The number of carbonyl (C=O) groups excluding carboxylic acids is 1. The topological polar surface area (TPSA) is 75.7 Å². The molecule has 1 fully saturated rings. The second-order valence-corrected chi connectivity index (χ2v) is 10.5. The monoisotopic (exact) mass is 502 g/mol. The highest BCUT2D eigenvalue weighted by molar-refractivity contribution is 7.89. The number of rotatable bonds is 8. The lowest BCUT2D eigenvalue weighted by molar-refractivity contribution is 0.0378. The molecule has 0 spiro atoms. The van der Waals surface area contributed by atoms with Crippen LogP contribution in [-0.2, 0) is 10.0 Å². The number of hydrogen-bond donors (Lipinski definition) is 1. The fourth-order valence-electron chi connectivity index (χ4n) is 4.05. The van der Waals surface area contributed by atoms with Gasteiger partial charge in [-0.05, 0) is 17.2 Å². The van der Waals surface area contributed by atoms with Crippen LogP contribution in [0.15, 0.2) is 72.8 Å². The summed E-state index contributed by atoms with van der Waals surface area (Å²) < 4.78 is 44.4. The summed E-state index contributed by atoms with van der Waals surface area (Å²) in [5.74, 6) is -1.67. The Balaban J connectivity index is 1.40. The van der Waals surface area contributed by atoms with Crippen LogP contribution in [-0.4, -0.2) is 45.2 Å². The molecule has 1 aliphatic rings. The molecule has 9 heteroatoms.